The number of thioether (sulfide) groups is 1. The molecule has 1 aromatic heterocycles. The molecule has 0 spiro atoms. The van der Waals surface area contributed by atoms with E-state index in [0.29, 0.717) is 18.3 Å². The van der Waals surface area contributed by atoms with Gasteiger partial charge in [0.25, 0.3) is 0 Å². The fourth-order valence-corrected chi connectivity index (χ4v) is 4.43. The van der Waals surface area contributed by atoms with Crippen molar-refractivity contribution in [1.82, 2.24) is 15.2 Å². The van der Waals surface area contributed by atoms with Crippen molar-refractivity contribution in [3.8, 4) is 0 Å². The quantitative estimate of drug-likeness (QED) is 0.845. The van der Waals surface area contributed by atoms with E-state index in [1.165, 1.54) is 22.9 Å². The summed E-state index contributed by atoms with van der Waals surface area (Å²) in [5.74, 6) is 0.509. The topological polar surface area (TPSA) is 45.2 Å². The highest BCUT2D eigenvalue weighted by Crippen LogP contribution is 2.23. The Balaban J connectivity index is 1.47. The summed E-state index contributed by atoms with van der Waals surface area (Å²) in [5.41, 5.74) is 3.81. The molecule has 1 aromatic carbocycles. The second kappa shape index (κ2) is 7.47. The molecule has 1 aliphatic rings. The van der Waals surface area contributed by atoms with E-state index in [1.807, 2.05) is 12.3 Å². The number of thiazole rings is 1. The van der Waals surface area contributed by atoms with Crippen molar-refractivity contribution in [2.45, 2.75) is 30.3 Å². The van der Waals surface area contributed by atoms with Gasteiger partial charge in [0.1, 0.15) is 0 Å². The molecule has 23 heavy (non-hydrogen) atoms. The number of hydrogen-bond acceptors (Lipinski definition) is 5. The van der Waals surface area contributed by atoms with Gasteiger partial charge >= 0.3 is 0 Å². The van der Waals surface area contributed by atoms with Crippen molar-refractivity contribution in [1.29, 1.82) is 0 Å². The zero-order valence-corrected chi connectivity index (χ0v) is 15.0. The number of carbonyl (C=O) groups excluding carboxylic acids is 1. The molecule has 3 rings (SSSR count). The minimum absolute atomic E-state index is 0.0788. The Kier molecular flexibility index (Phi) is 5.35. The highest BCUT2D eigenvalue weighted by Gasteiger charge is 2.23. The molecule has 6 heteroatoms. The smallest absolute Gasteiger partial charge is 0.230 e. The average molecular weight is 348 g/mol. The first-order valence-corrected chi connectivity index (χ1v) is 9.57. The molecule has 1 unspecified atom stereocenters. The van der Waals surface area contributed by atoms with Crippen LogP contribution in [0, 0.1) is 6.92 Å². The van der Waals surface area contributed by atoms with Crippen molar-refractivity contribution < 1.29 is 4.79 Å². The molecule has 1 N–H and O–H groups in total. The largest absolute Gasteiger partial charge is 0.354 e. The summed E-state index contributed by atoms with van der Waals surface area (Å²) in [6.07, 6.45) is 0.992. The van der Waals surface area contributed by atoms with Crippen LogP contribution < -0.4 is 5.32 Å². The molecule has 2 heterocycles. The molecule has 0 radical (unpaired) electrons. The summed E-state index contributed by atoms with van der Waals surface area (Å²) >= 11 is 3.10. The molecule has 0 saturated heterocycles. The van der Waals surface area contributed by atoms with E-state index in [1.54, 1.807) is 11.3 Å². The minimum Gasteiger partial charge on any atom is -0.354 e. The van der Waals surface area contributed by atoms with Crippen LogP contribution >= 0.6 is 23.1 Å². The number of aromatic nitrogens is 1. The van der Waals surface area contributed by atoms with E-state index in [4.69, 9.17) is 0 Å². The number of fused-ring (bicyclic) bond motifs is 1. The first-order chi connectivity index (χ1) is 11.1. The average Bonchev–Trinajstić information content (AvgIpc) is 2.96. The zero-order chi connectivity index (χ0) is 16.2. The van der Waals surface area contributed by atoms with Gasteiger partial charge in [-0.05, 0) is 31.5 Å². The van der Waals surface area contributed by atoms with Crippen LogP contribution in [0.25, 0.3) is 0 Å². The SMILES string of the molecule is Cc1csc(SCC(=O)NCC2Cc3ccccc3CN2C)n1. The lowest BCUT2D eigenvalue weighted by molar-refractivity contribution is -0.118. The molecular weight excluding hydrogens is 326 g/mol. The number of rotatable bonds is 5. The van der Waals surface area contributed by atoms with Crippen LogP contribution in [0.1, 0.15) is 16.8 Å². The van der Waals surface area contributed by atoms with E-state index < -0.39 is 0 Å². The van der Waals surface area contributed by atoms with Gasteiger partial charge in [0.15, 0.2) is 4.34 Å². The van der Waals surface area contributed by atoms with Crippen LogP contribution in [-0.4, -0.2) is 41.2 Å². The summed E-state index contributed by atoms with van der Waals surface area (Å²) in [6, 6.07) is 8.92. The van der Waals surface area contributed by atoms with E-state index in [0.717, 1.165) is 23.0 Å². The molecule has 0 bridgehead atoms. The Labute approximate surface area is 145 Å². The van der Waals surface area contributed by atoms with E-state index >= 15 is 0 Å². The minimum atomic E-state index is 0.0788. The van der Waals surface area contributed by atoms with Crippen molar-refractivity contribution in [3.63, 3.8) is 0 Å². The molecular formula is C17H21N3OS2. The van der Waals surface area contributed by atoms with Gasteiger partial charge in [-0.3, -0.25) is 9.69 Å². The van der Waals surface area contributed by atoms with Gasteiger partial charge in [0.2, 0.25) is 5.91 Å². The van der Waals surface area contributed by atoms with Crippen LogP contribution in [0.2, 0.25) is 0 Å². The maximum absolute atomic E-state index is 12.0. The predicted octanol–water partition coefficient (Wildman–Crippen LogP) is 2.72. The summed E-state index contributed by atoms with van der Waals surface area (Å²) in [6.45, 7) is 3.61. The summed E-state index contributed by atoms with van der Waals surface area (Å²) in [5, 5.41) is 5.07. The van der Waals surface area contributed by atoms with Crippen molar-refractivity contribution in [2.75, 3.05) is 19.3 Å². The van der Waals surface area contributed by atoms with Crippen molar-refractivity contribution in [2.24, 2.45) is 0 Å². The summed E-state index contributed by atoms with van der Waals surface area (Å²) < 4.78 is 0.960. The molecule has 1 aliphatic heterocycles. The van der Waals surface area contributed by atoms with E-state index in [9.17, 15) is 4.79 Å². The van der Waals surface area contributed by atoms with Crippen LogP contribution in [-0.2, 0) is 17.8 Å². The third-order valence-corrected chi connectivity index (χ3v) is 6.22. The first kappa shape index (κ1) is 16.5. The number of aryl methyl sites for hydroxylation is 1. The molecule has 122 valence electrons. The van der Waals surface area contributed by atoms with Crippen molar-refractivity contribution in [3.05, 3.63) is 46.5 Å². The monoisotopic (exact) mass is 347 g/mol. The fourth-order valence-electron chi connectivity index (χ4n) is 2.76. The van der Waals surface area contributed by atoms with Gasteiger partial charge in [-0.1, -0.05) is 36.0 Å². The second-order valence-electron chi connectivity index (χ2n) is 5.89. The molecule has 4 nitrogen and oxygen atoms in total. The Morgan fingerprint density at radius 2 is 2.22 bits per heavy atom. The normalized spacial score (nSPS) is 17.7. The Hall–Kier alpha value is -1.37. The van der Waals surface area contributed by atoms with Crippen LogP contribution in [0.4, 0.5) is 0 Å². The lowest BCUT2D eigenvalue weighted by Gasteiger charge is -2.34. The fraction of sp³-hybridized carbons (Fsp3) is 0.412. The van der Waals surface area contributed by atoms with Gasteiger partial charge in [-0.25, -0.2) is 4.98 Å². The highest BCUT2D eigenvalue weighted by atomic mass is 32.2. The van der Waals surface area contributed by atoms with Gasteiger partial charge in [-0.2, -0.15) is 0 Å². The number of amides is 1. The summed E-state index contributed by atoms with van der Waals surface area (Å²) in [4.78, 5) is 18.7. The number of carbonyl (C=O) groups is 1. The lowest BCUT2D eigenvalue weighted by atomic mass is 9.94. The molecule has 0 aliphatic carbocycles. The number of benzene rings is 1. The van der Waals surface area contributed by atoms with E-state index in [2.05, 4.69) is 46.5 Å². The van der Waals surface area contributed by atoms with Crippen molar-refractivity contribution >= 4 is 29.0 Å². The standard InChI is InChI=1S/C17H21N3OS2/c1-12-10-22-17(19-12)23-11-16(21)18-8-15-7-13-5-3-4-6-14(13)9-20(15)2/h3-6,10,15H,7-9,11H2,1-2H3,(H,18,21). The van der Waals surface area contributed by atoms with Gasteiger partial charge in [-0.15, -0.1) is 11.3 Å². The lowest BCUT2D eigenvalue weighted by Crippen LogP contribution is -2.45. The highest BCUT2D eigenvalue weighted by molar-refractivity contribution is 8.01. The molecule has 0 fully saturated rings. The third kappa shape index (κ3) is 4.34. The number of likely N-dealkylation sites (N-methyl/N-ethyl adjacent to an activating group) is 1. The van der Waals surface area contributed by atoms with Gasteiger partial charge in [0, 0.05) is 30.2 Å². The first-order valence-electron chi connectivity index (χ1n) is 7.70. The van der Waals surface area contributed by atoms with E-state index in [-0.39, 0.29) is 5.91 Å². The molecule has 2 aromatic rings. The van der Waals surface area contributed by atoms with Crippen LogP contribution in [0.15, 0.2) is 34.0 Å². The second-order valence-corrected chi connectivity index (χ2v) is 7.97. The maximum Gasteiger partial charge on any atom is 0.230 e. The van der Waals surface area contributed by atoms with Gasteiger partial charge in [0.05, 0.1) is 5.75 Å². The van der Waals surface area contributed by atoms with Crippen LogP contribution in [0.3, 0.4) is 0 Å². The summed E-state index contributed by atoms with van der Waals surface area (Å²) in [7, 11) is 2.12. The third-order valence-electron chi connectivity index (χ3n) is 4.08. The molecule has 1 amide bonds. The maximum atomic E-state index is 12.0. The molecule has 1 atom stereocenters. The number of hydrogen-bond donors (Lipinski definition) is 1. The number of nitrogens with zero attached hydrogens (tertiary/aromatic N) is 2. The van der Waals surface area contributed by atoms with Crippen LogP contribution in [0.5, 0.6) is 0 Å². The molecule has 0 saturated carbocycles. The predicted molar refractivity (Wildman–Crippen MR) is 96.0 cm³/mol. The Bertz CT molecular complexity index is 686. The Morgan fingerprint density at radius 1 is 1.43 bits per heavy atom. The Morgan fingerprint density at radius 3 is 2.96 bits per heavy atom. The zero-order valence-electron chi connectivity index (χ0n) is 13.4. The number of nitrogens with one attached hydrogen (secondary N) is 1. The van der Waals surface area contributed by atoms with Gasteiger partial charge < -0.3 is 5.32 Å².